The first-order valence-electron chi connectivity index (χ1n) is 12.6. The number of rotatable bonds is 1. The molecule has 0 unspecified atom stereocenters. The molecule has 0 aromatic heterocycles. The van der Waals surface area contributed by atoms with E-state index < -0.39 is 7.25 Å². The van der Waals surface area contributed by atoms with Crippen LogP contribution in [0.4, 0.5) is 34.1 Å². The number of fused-ring (bicyclic) bond motifs is 7. The predicted molar refractivity (Wildman–Crippen MR) is 152 cm³/mol. The van der Waals surface area contributed by atoms with Crippen LogP contribution in [0.2, 0.25) is 0 Å². The summed E-state index contributed by atoms with van der Waals surface area (Å²) < 4.78 is 15.8. The van der Waals surface area contributed by atoms with E-state index in [2.05, 4.69) is 117 Å². The zero-order valence-corrected chi connectivity index (χ0v) is 19.8. The number of nitrogens with zero attached hydrogens (tertiary/aromatic N) is 3. The van der Waals surface area contributed by atoms with Gasteiger partial charge in [-0.3, -0.25) is 0 Å². The van der Waals surface area contributed by atoms with Gasteiger partial charge in [0, 0.05) is 39.3 Å². The monoisotopic (exact) mass is 476 g/mol. The molecule has 9 heteroatoms. The predicted octanol–water partition coefficient (Wildman–Crippen LogP) is 5.15. The Labute approximate surface area is 215 Å². The lowest BCUT2D eigenvalue weighted by Crippen LogP contribution is -2.72. The minimum absolute atomic E-state index is 0.140. The summed E-state index contributed by atoms with van der Waals surface area (Å²) in [5, 5.41) is 6.11. The van der Waals surface area contributed by atoms with Crippen molar-refractivity contribution < 1.29 is 9.23 Å². The summed E-state index contributed by atoms with van der Waals surface area (Å²) in [4.78, 5) is 4.54. The van der Waals surface area contributed by atoms with Crippen LogP contribution >= 0.6 is 0 Å². The van der Waals surface area contributed by atoms with Gasteiger partial charge in [-0.15, -0.1) is 0 Å². The smallest absolute Gasteiger partial charge is 0.517 e. The molecule has 0 saturated heterocycles. The quantitative estimate of drug-likeness (QED) is 0.338. The molecule has 0 spiro atoms. The number of hydrogen-bond acceptors (Lipinski definition) is 6. The van der Waals surface area contributed by atoms with Gasteiger partial charge in [-0.05, 0) is 53.9 Å². The van der Waals surface area contributed by atoms with Crippen LogP contribution < -0.4 is 29.7 Å². The Morgan fingerprint density at radius 3 is 2.24 bits per heavy atom. The molecule has 0 radical (unpaired) electrons. The van der Waals surface area contributed by atoms with E-state index in [1.807, 2.05) is 12.1 Å². The first-order valence-corrected chi connectivity index (χ1v) is 12.6. The Balaban J connectivity index is 1.26. The molecule has 0 fully saturated rings. The normalized spacial score (nSPS) is 16.1. The van der Waals surface area contributed by atoms with Gasteiger partial charge in [0.15, 0.2) is 0 Å². The summed E-state index contributed by atoms with van der Waals surface area (Å²) in [5.41, 5.74) is 7.80. The van der Waals surface area contributed by atoms with Crippen LogP contribution in [0.5, 0.6) is 5.75 Å². The number of para-hydroxylation sites is 3. The van der Waals surface area contributed by atoms with Crippen LogP contribution in [0.15, 0.2) is 109 Å². The first kappa shape index (κ1) is 19.7. The highest BCUT2D eigenvalue weighted by molar-refractivity contribution is 6.98. The molecule has 5 aromatic carbocycles. The van der Waals surface area contributed by atoms with E-state index in [-0.39, 0.29) is 14.2 Å². The molecule has 5 aromatic rings. The van der Waals surface area contributed by atoms with E-state index in [1.54, 1.807) is 0 Å². The van der Waals surface area contributed by atoms with Gasteiger partial charge in [0.25, 0.3) is 0 Å². The van der Waals surface area contributed by atoms with E-state index >= 15 is 0 Å². The van der Waals surface area contributed by atoms with Crippen molar-refractivity contribution in [3.63, 3.8) is 0 Å². The fraction of sp³-hybridized carbons (Fsp3) is 0. The zero-order chi connectivity index (χ0) is 24.1. The molecule has 0 atom stereocenters. The highest BCUT2D eigenvalue weighted by Crippen LogP contribution is 2.49. The van der Waals surface area contributed by atoms with Gasteiger partial charge in [-0.2, -0.15) is 0 Å². The Kier molecular flexibility index (Phi) is 3.75. The highest BCUT2D eigenvalue weighted by Gasteiger charge is 2.58. The molecule has 0 bridgehead atoms. The molecule has 9 rings (SSSR count). The highest BCUT2D eigenvalue weighted by atomic mass is 16.6. The van der Waals surface area contributed by atoms with E-state index in [1.165, 1.54) is 0 Å². The van der Waals surface area contributed by atoms with Gasteiger partial charge >= 0.3 is 21.4 Å². The lowest BCUT2D eigenvalue weighted by atomic mass is 9.56. The third-order valence-corrected chi connectivity index (χ3v) is 7.88. The summed E-state index contributed by atoms with van der Waals surface area (Å²) in [7, 11) is -1.04. The van der Waals surface area contributed by atoms with Gasteiger partial charge in [-0.1, -0.05) is 60.7 Å². The van der Waals surface area contributed by atoms with Gasteiger partial charge in [0.2, 0.25) is 0 Å². The van der Waals surface area contributed by atoms with Crippen LogP contribution in [0, 0.1) is 0 Å². The summed E-state index contributed by atoms with van der Waals surface area (Å²) >= 11 is 0. The molecule has 4 aliphatic heterocycles. The van der Waals surface area contributed by atoms with Crippen molar-refractivity contribution in [3.8, 4) is 5.75 Å². The molecule has 0 saturated carbocycles. The van der Waals surface area contributed by atoms with Crippen LogP contribution in [-0.2, 0) is 4.57 Å². The fourth-order valence-electron chi connectivity index (χ4n) is 6.40. The third kappa shape index (κ3) is 2.51. The molecule has 4 heterocycles. The van der Waals surface area contributed by atoms with Crippen molar-refractivity contribution >= 4 is 71.8 Å². The summed E-state index contributed by atoms with van der Waals surface area (Å²) in [6, 6.07) is 38.1. The lowest BCUT2D eigenvalue weighted by Gasteiger charge is -2.47. The topological polar surface area (TPSA) is 40.2 Å². The second-order valence-corrected chi connectivity index (χ2v) is 9.77. The summed E-state index contributed by atoms with van der Waals surface area (Å²) in [5.74, 6) is 0.854. The van der Waals surface area contributed by atoms with E-state index in [0.29, 0.717) is 0 Å². The Hall–Kier alpha value is -4.49. The molecule has 0 amide bonds. The average Bonchev–Trinajstić information content (AvgIpc) is 3.28. The van der Waals surface area contributed by atoms with Gasteiger partial charge in [0.1, 0.15) is 5.75 Å². The van der Waals surface area contributed by atoms with E-state index in [0.717, 1.165) is 56.1 Å². The largest absolute Gasteiger partial charge is 0.656 e. The summed E-state index contributed by atoms with van der Waals surface area (Å²) in [6.07, 6.45) is 0. The Morgan fingerprint density at radius 2 is 1.35 bits per heavy atom. The van der Waals surface area contributed by atoms with Crippen molar-refractivity contribution in [2.24, 2.45) is 0 Å². The number of nitrogens with one attached hydrogen (secondary N) is 1. The molecule has 1 N–H and O–H groups in total. The van der Waals surface area contributed by atoms with Crippen LogP contribution in [0.1, 0.15) is 0 Å². The van der Waals surface area contributed by atoms with Crippen molar-refractivity contribution in [3.05, 3.63) is 109 Å². The van der Waals surface area contributed by atoms with Crippen molar-refractivity contribution in [2.45, 2.75) is 0 Å². The second-order valence-electron chi connectivity index (χ2n) is 9.77. The SMILES string of the molecule is c1ccc(N2B3Nc4cccc5c4B(OB4Oc6cccc7cccc(c67)N45)N3c3ccccc32)cc1. The minimum atomic E-state index is -0.579. The van der Waals surface area contributed by atoms with E-state index in [9.17, 15) is 0 Å². The summed E-state index contributed by atoms with van der Waals surface area (Å²) in [6.45, 7) is 0. The van der Waals surface area contributed by atoms with Gasteiger partial charge in [0.05, 0.1) is 5.69 Å². The average molecular weight is 476 g/mol. The third-order valence-electron chi connectivity index (χ3n) is 7.88. The number of benzene rings is 5. The van der Waals surface area contributed by atoms with Crippen molar-refractivity contribution in [1.82, 2.24) is 0 Å². The maximum Gasteiger partial charge on any atom is 0.656 e. The lowest BCUT2D eigenvalue weighted by molar-refractivity contribution is 0.426. The maximum atomic E-state index is 6.90. The van der Waals surface area contributed by atoms with E-state index in [4.69, 9.17) is 9.23 Å². The number of hydrogen-bond donors (Lipinski definition) is 1. The Bertz CT molecular complexity index is 1730. The van der Waals surface area contributed by atoms with Gasteiger partial charge < -0.3 is 28.8 Å². The molecule has 6 nitrogen and oxygen atoms in total. The van der Waals surface area contributed by atoms with Crippen molar-refractivity contribution in [1.29, 1.82) is 0 Å². The van der Waals surface area contributed by atoms with Crippen LogP contribution in [-0.4, -0.2) is 21.4 Å². The van der Waals surface area contributed by atoms with Gasteiger partial charge in [-0.25, -0.2) is 0 Å². The maximum absolute atomic E-state index is 6.90. The number of anilines is 6. The fourth-order valence-corrected chi connectivity index (χ4v) is 6.40. The molecule has 0 aliphatic carbocycles. The zero-order valence-electron chi connectivity index (χ0n) is 19.8. The minimum Gasteiger partial charge on any atom is -0.517 e. The van der Waals surface area contributed by atoms with Crippen molar-refractivity contribution in [2.75, 3.05) is 19.6 Å². The first-order chi connectivity index (χ1) is 18.4. The standard InChI is InChI=1S/C28H19B3N4O2/c1-2-11-20(12-3-1)33-22-14-4-5-15-23(22)35-29-28-21(32-30(33)35)13-8-17-25(28)34-24-16-6-9-19-10-7-18-26(27(19)24)36-31(34)37-29/h1-18,32H. The molecule has 4 aliphatic rings. The van der Waals surface area contributed by atoms with Crippen LogP contribution in [0.3, 0.4) is 0 Å². The molecule has 172 valence electrons. The van der Waals surface area contributed by atoms with Crippen LogP contribution in [0.25, 0.3) is 10.8 Å². The molecule has 37 heavy (non-hydrogen) atoms. The molecular formula is C28H19B3N4O2. The molecular weight excluding hydrogens is 457 g/mol. The second kappa shape index (κ2) is 7.05. The Morgan fingerprint density at radius 1 is 0.622 bits per heavy atom.